The van der Waals surface area contributed by atoms with Crippen LogP contribution in [-0.2, 0) is 13.1 Å². The van der Waals surface area contributed by atoms with E-state index in [-0.39, 0.29) is 16.8 Å². The maximum Gasteiger partial charge on any atom is 0.371 e. The van der Waals surface area contributed by atoms with E-state index in [0.717, 1.165) is 87.7 Å². The Bertz CT molecular complexity index is 3520. The second-order valence-corrected chi connectivity index (χ2v) is 18.8. The van der Waals surface area contributed by atoms with Crippen molar-refractivity contribution in [3.8, 4) is 5.69 Å². The minimum absolute atomic E-state index is 0.0342. The molecule has 0 radical (unpaired) electrons. The number of halogens is 3. The van der Waals surface area contributed by atoms with Gasteiger partial charge in [0.25, 0.3) is 0 Å². The molecule has 0 amide bonds. The highest BCUT2D eigenvalue weighted by atomic mass is 79.9. The monoisotopic (exact) mass is 1080 g/mol. The Hall–Kier alpha value is -7.37. The van der Waals surface area contributed by atoms with E-state index >= 15 is 0 Å². The average Bonchev–Trinajstić information content (AvgIpc) is 4.20. The summed E-state index contributed by atoms with van der Waals surface area (Å²) in [5.41, 5.74) is 9.34. The summed E-state index contributed by atoms with van der Waals surface area (Å²) in [4.78, 5) is 48.2. The van der Waals surface area contributed by atoms with E-state index in [1.807, 2.05) is 86.2 Å². The molecule has 3 N–H and O–H groups in total. The van der Waals surface area contributed by atoms with Gasteiger partial charge in [-0.2, -0.15) is 0 Å². The molecular weight excluding hydrogens is 1040 g/mol. The number of fused-ring (bicyclic) bond motifs is 5. The lowest BCUT2D eigenvalue weighted by atomic mass is 10.1. The van der Waals surface area contributed by atoms with Crippen molar-refractivity contribution in [1.29, 1.82) is 0 Å². The molecule has 0 atom stereocenters. The number of hydrogen-bond acceptors (Lipinski definition) is 12. The predicted octanol–water partition coefficient (Wildman–Crippen LogP) is 14.0. The number of carbonyl (C=O) groups is 2. The number of benzene rings is 5. The molecule has 0 spiro atoms. The standard InChI is InChI=1S/C21H17N5.C12H9ClN4.C10H7BrOS.C9H5BrO3/c1-14-23-20(25-17-8-7-15-12-22-13-16(15)11-17)19-9-10-26(21(19)24-14)18-5-3-2-4-6-18;13-12-15-4-3-11(17-12)16-10-2-1-8-6-14-7-9(8)5-10;1-6(12)9-4-7-2-3-8(11)5-10(7)13-9;10-6-2-1-5-3-8(9(11)12)13-7(5)4-6/h2-11,13H,12H2,1H3,(H,23,24,25);1-5,7H,6H2,(H,15,16,17);2-5H,1H3;1-4H,(H,11,12). The fourth-order valence-electron chi connectivity index (χ4n) is 7.35. The summed E-state index contributed by atoms with van der Waals surface area (Å²) in [5.74, 6) is 1.29. The number of para-hydroxylation sites is 1. The molecule has 0 saturated heterocycles. The van der Waals surface area contributed by atoms with Gasteiger partial charge in [0.15, 0.2) is 5.78 Å². The number of nitrogens with zero attached hydrogens (tertiary/aromatic N) is 7. The van der Waals surface area contributed by atoms with Crippen LogP contribution in [0.15, 0.2) is 163 Å². The number of aromatic nitrogens is 5. The first-order chi connectivity index (χ1) is 33.4. The molecule has 342 valence electrons. The van der Waals surface area contributed by atoms with E-state index in [0.29, 0.717) is 11.4 Å². The Morgan fingerprint density at radius 3 is 2.12 bits per heavy atom. The maximum atomic E-state index is 11.1. The maximum absolute atomic E-state index is 11.1. The van der Waals surface area contributed by atoms with Gasteiger partial charge in [-0.15, -0.1) is 11.3 Å². The van der Waals surface area contributed by atoms with Gasteiger partial charge in [-0.1, -0.05) is 68.3 Å². The van der Waals surface area contributed by atoms with Crippen LogP contribution >= 0.6 is 54.8 Å². The second kappa shape index (κ2) is 20.9. The molecule has 0 unspecified atom stereocenters. The zero-order valence-electron chi connectivity index (χ0n) is 36.7. The number of anilines is 4. The normalized spacial score (nSPS) is 11.8. The minimum Gasteiger partial charge on any atom is -0.475 e. The van der Waals surface area contributed by atoms with E-state index < -0.39 is 5.97 Å². The number of aryl methyl sites for hydroxylation is 1. The third-order valence-electron chi connectivity index (χ3n) is 10.6. The van der Waals surface area contributed by atoms with Crippen LogP contribution in [0, 0.1) is 6.92 Å². The van der Waals surface area contributed by atoms with Crippen molar-refractivity contribution in [2.75, 3.05) is 10.6 Å². The van der Waals surface area contributed by atoms with Crippen molar-refractivity contribution in [2.45, 2.75) is 26.9 Å². The molecule has 17 heteroatoms. The summed E-state index contributed by atoms with van der Waals surface area (Å²) in [6.45, 7) is 5.06. The van der Waals surface area contributed by atoms with Crippen LogP contribution < -0.4 is 10.6 Å². The first kappa shape index (κ1) is 46.7. The van der Waals surface area contributed by atoms with Crippen molar-refractivity contribution in [3.05, 3.63) is 193 Å². The number of aromatic carboxylic acids is 1. The highest BCUT2D eigenvalue weighted by Gasteiger charge is 2.14. The van der Waals surface area contributed by atoms with E-state index in [9.17, 15) is 9.59 Å². The quantitative estimate of drug-likeness (QED) is 0.103. The molecule has 5 aromatic heterocycles. The van der Waals surface area contributed by atoms with Gasteiger partial charge < -0.3 is 24.7 Å². The molecule has 2 aliphatic heterocycles. The number of carboxylic acid groups (broad SMARTS) is 1. The molecule has 0 saturated carbocycles. The fraction of sp³-hybridized carbons (Fsp3) is 0.0769. The van der Waals surface area contributed by atoms with E-state index in [4.69, 9.17) is 21.1 Å². The molecular formula is C52H38Br2ClN9O4S. The molecule has 0 aliphatic carbocycles. The first-order valence-electron chi connectivity index (χ1n) is 21.2. The van der Waals surface area contributed by atoms with E-state index in [1.54, 1.807) is 31.3 Å². The molecule has 69 heavy (non-hydrogen) atoms. The van der Waals surface area contributed by atoms with Crippen molar-refractivity contribution in [2.24, 2.45) is 9.98 Å². The Morgan fingerprint density at radius 2 is 1.43 bits per heavy atom. The van der Waals surface area contributed by atoms with Gasteiger partial charge in [0.1, 0.15) is 28.7 Å². The SMILES string of the molecule is CC(=O)c1cc2ccc(Br)cc2s1.Cc1nc(Nc2ccc3c(c2)C=NC3)c2ccn(-c3ccccc3)c2n1.Clc1nccc(Nc2ccc3c(c2)C=NC3)n1.O=C(O)c1cc2ccc(Br)cc2o1. The van der Waals surface area contributed by atoms with E-state index in [1.165, 1.54) is 34.1 Å². The van der Waals surface area contributed by atoms with Crippen LogP contribution in [0.2, 0.25) is 5.28 Å². The Kier molecular flexibility index (Phi) is 14.1. The largest absolute Gasteiger partial charge is 0.475 e. The molecule has 13 nitrogen and oxygen atoms in total. The number of nitrogens with one attached hydrogen (secondary N) is 2. The fourth-order valence-corrected chi connectivity index (χ4v) is 9.35. The molecule has 2 aliphatic rings. The molecule has 7 heterocycles. The van der Waals surface area contributed by atoms with Crippen LogP contribution in [-0.4, -0.2) is 53.8 Å². The smallest absolute Gasteiger partial charge is 0.371 e. The summed E-state index contributed by atoms with van der Waals surface area (Å²) in [6, 6.07) is 41.3. The number of hydrogen-bond donors (Lipinski definition) is 3. The zero-order valence-corrected chi connectivity index (χ0v) is 41.4. The first-order valence-corrected chi connectivity index (χ1v) is 24.0. The molecule has 12 rings (SSSR count). The molecule has 0 fully saturated rings. The van der Waals surface area contributed by atoms with Crippen LogP contribution in [0.1, 0.15) is 55.2 Å². The topological polar surface area (TPSA) is 173 Å². The van der Waals surface area contributed by atoms with Crippen molar-refractivity contribution >= 4 is 134 Å². The third kappa shape index (κ3) is 11.3. The van der Waals surface area contributed by atoms with Gasteiger partial charge in [-0.3, -0.25) is 14.8 Å². The molecule has 0 bridgehead atoms. The summed E-state index contributed by atoms with van der Waals surface area (Å²) in [5, 5.41) is 18.4. The number of Topliss-reactive ketones (excluding diaryl/α,β-unsaturated/α-hetero) is 1. The summed E-state index contributed by atoms with van der Waals surface area (Å²) < 4.78 is 10.2. The Morgan fingerprint density at radius 1 is 0.754 bits per heavy atom. The van der Waals surface area contributed by atoms with Crippen LogP contribution in [0.5, 0.6) is 0 Å². The Balaban J connectivity index is 0.000000120. The van der Waals surface area contributed by atoms with Gasteiger partial charge in [-0.05, 0) is 144 Å². The van der Waals surface area contributed by atoms with Gasteiger partial charge in [-0.25, -0.2) is 24.7 Å². The highest BCUT2D eigenvalue weighted by molar-refractivity contribution is 9.10. The van der Waals surface area contributed by atoms with Crippen LogP contribution in [0.4, 0.5) is 23.0 Å². The minimum atomic E-state index is -1.05. The number of carbonyl (C=O) groups excluding carboxylic acids is 1. The molecule has 5 aromatic carbocycles. The summed E-state index contributed by atoms with van der Waals surface area (Å²) in [6.07, 6.45) is 7.46. The van der Waals surface area contributed by atoms with E-state index in [2.05, 4.69) is 119 Å². The zero-order chi connectivity index (χ0) is 48.0. The average molecular weight is 1080 g/mol. The summed E-state index contributed by atoms with van der Waals surface area (Å²) in [7, 11) is 0. The lowest BCUT2D eigenvalue weighted by molar-refractivity contribution is 0.0664. The number of aliphatic imine (C=N–C) groups is 2. The Labute approximate surface area is 421 Å². The lowest BCUT2D eigenvalue weighted by Crippen LogP contribution is -2.01. The molecule has 10 aromatic rings. The van der Waals surface area contributed by atoms with Gasteiger partial charge >= 0.3 is 5.97 Å². The van der Waals surface area contributed by atoms with Crippen LogP contribution in [0.25, 0.3) is 37.8 Å². The predicted molar refractivity (Wildman–Crippen MR) is 283 cm³/mol. The number of rotatable bonds is 7. The highest BCUT2D eigenvalue weighted by Crippen LogP contribution is 2.31. The summed E-state index contributed by atoms with van der Waals surface area (Å²) >= 11 is 13.9. The number of furan rings is 1. The van der Waals surface area contributed by atoms with Gasteiger partial charge in [0, 0.05) is 60.9 Å². The number of thiophene rings is 1. The lowest BCUT2D eigenvalue weighted by Gasteiger charge is -2.10. The second-order valence-electron chi connectivity index (χ2n) is 15.6. The number of carboxylic acids is 1. The number of ketones is 1. The third-order valence-corrected chi connectivity index (χ3v) is 13.0. The van der Waals surface area contributed by atoms with Crippen molar-refractivity contribution < 1.29 is 19.1 Å². The van der Waals surface area contributed by atoms with Gasteiger partial charge in [0.2, 0.25) is 11.0 Å². The van der Waals surface area contributed by atoms with Crippen LogP contribution in [0.3, 0.4) is 0 Å². The van der Waals surface area contributed by atoms with Gasteiger partial charge in [0.05, 0.1) is 23.4 Å². The van der Waals surface area contributed by atoms with Crippen molar-refractivity contribution in [1.82, 2.24) is 24.5 Å². The van der Waals surface area contributed by atoms with Crippen molar-refractivity contribution in [3.63, 3.8) is 0 Å².